The lowest BCUT2D eigenvalue weighted by molar-refractivity contribution is 0.174. The second kappa shape index (κ2) is 6.87. The lowest BCUT2D eigenvalue weighted by atomic mass is 10.1. The summed E-state index contributed by atoms with van der Waals surface area (Å²) >= 11 is 13.5. The molecule has 0 aliphatic heterocycles. The third kappa shape index (κ3) is 4.17. The normalized spacial score (nSPS) is 12.7. The summed E-state index contributed by atoms with van der Waals surface area (Å²) < 4.78 is 0. The molecular formula is C14H16Cl2N2OS. The van der Waals surface area contributed by atoms with Crippen LogP contribution in [0, 0.1) is 13.8 Å². The number of halogens is 2. The van der Waals surface area contributed by atoms with Crippen LogP contribution >= 0.6 is 34.5 Å². The largest absolute Gasteiger partial charge is 0.387 e. The van der Waals surface area contributed by atoms with E-state index in [4.69, 9.17) is 23.2 Å². The van der Waals surface area contributed by atoms with Gasteiger partial charge < -0.3 is 10.4 Å². The average Bonchev–Trinajstić information content (AvgIpc) is 2.66. The van der Waals surface area contributed by atoms with Gasteiger partial charge in [0.25, 0.3) is 0 Å². The fourth-order valence-corrected chi connectivity index (χ4v) is 3.39. The average molecular weight is 331 g/mol. The maximum absolute atomic E-state index is 10.1. The Morgan fingerprint density at radius 2 is 1.90 bits per heavy atom. The molecule has 0 aliphatic rings. The van der Waals surface area contributed by atoms with E-state index in [-0.39, 0.29) is 0 Å². The lowest BCUT2D eigenvalue weighted by Gasteiger charge is -2.12. The van der Waals surface area contributed by atoms with Gasteiger partial charge in [0.1, 0.15) is 0 Å². The highest BCUT2D eigenvalue weighted by atomic mass is 35.5. The maximum Gasteiger partial charge on any atom is 0.0915 e. The van der Waals surface area contributed by atoms with E-state index >= 15 is 0 Å². The van der Waals surface area contributed by atoms with Crippen LogP contribution in [0.1, 0.15) is 27.2 Å². The third-order valence-corrected chi connectivity index (χ3v) is 4.40. The number of hydrogen-bond acceptors (Lipinski definition) is 4. The number of benzene rings is 1. The molecule has 1 aromatic carbocycles. The molecule has 6 heteroatoms. The van der Waals surface area contributed by atoms with E-state index in [2.05, 4.69) is 10.3 Å². The topological polar surface area (TPSA) is 45.2 Å². The molecule has 0 spiro atoms. The monoisotopic (exact) mass is 330 g/mol. The molecule has 1 aromatic heterocycles. The van der Waals surface area contributed by atoms with E-state index in [1.54, 1.807) is 29.5 Å². The molecule has 0 saturated heterocycles. The van der Waals surface area contributed by atoms with Crippen molar-refractivity contribution in [3.05, 3.63) is 49.4 Å². The molecule has 3 nitrogen and oxygen atoms in total. The zero-order valence-corrected chi connectivity index (χ0v) is 13.6. The first-order valence-electron chi connectivity index (χ1n) is 6.23. The summed E-state index contributed by atoms with van der Waals surface area (Å²) in [5.74, 6) is 0. The van der Waals surface area contributed by atoms with E-state index in [0.717, 1.165) is 10.7 Å². The second-order valence-electron chi connectivity index (χ2n) is 4.59. The number of aliphatic hydroxyl groups excluding tert-OH is 1. The Kier molecular flexibility index (Phi) is 5.41. The number of rotatable bonds is 5. The van der Waals surface area contributed by atoms with Crippen molar-refractivity contribution in [3.8, 4) is 0 Å². The SMILES string of the molecule is Cc1nc(C)c(CNCC(O)c2cc(Cl)cc(Cl)c2)s1. The van der Waals surface area contributed by atoms with E-state index < -0.39 is 6.10 Å². The number of aromatic nitrogens is 1. The van der Waals surface area contributed by atoms with Gasteiger partial charge in [0.05, 0.1) is 16.8 Å². The van der Waals surface area contributed by atoms with E-state index in [0.29, 0.717) is 28.7 Å². The van der Waals surface area contributed by atoms with Crippen LogP contribution in [0.3, 0.4) is 0 Å². The van der Waals surface area contributed by atoms with Gasteiger partial charge in [-0.15, -0.1) is 11.3 Å². The molecule has 1 atom stereocenters. The van der Waals surface area contributed by atoms with Gasteiger partial charge >= 0.3 is 0 Å². The molecule has 0 fully saturated rings. The van der Waals surface area contributed by atoms with Crippen molar-refractivity contribution in [1.82, 2.24) is 10.3 Å². The third-order valence-electron chi connectivity index (χ3n) is 2.89. The van der Waals surface area contributed by atoms with Crippen LogP contribution in [0.25, 0.3) is 0 Å². The molecule has 0 saturated carbocycles. The van der Waals surface area contributed by atoms with Crippen molar-refractivity contribution in [1.29, 1.82) is 0 Å². The van der Waals surface area contributed by atoms with Crippen LogP contribution in [0.15, 0.2) is 18.2 Å². The molecule has 2 rings (SSSR count). The highest BCUT2D eigenvalue weighted by molar-refractivity contribution is 7.11. The number of aliphatic hydroxyl groups is 1. The number of nitrogens with one attached hydrogen (secondary N) is 1. The number of hydrogen-bond donors (Lipinski definition) is 2. The number of aryl methyl sites for hydroxylation is 2. The van der Waals surface area contributed by atoms with Gasteiger partial charge in [-0.2, -0.15) is 0 Å². The van der Waals surface area contributed by atoms with Crippen LogP contribution < -0.4 is 5.32 Å². The van der Waals surface area contributed by atoms with Gasteiger partial charge in [0.2, 0.25) is 0 Å². The summed E-state index contributed by atoms with van der Waals surface area (Å²) in [5.41, 5.74) is 1.76. The first kappa shape index (κ1) is 15.7. The highest BCUT2D eigenvalue weighted by Gasteiger charge is 2.10. The highest BCUT2D eigenvalue weighted by Crippen LogP contribution is 2.23. The molecule has 0 bridgehead atoms. The fraction of sp³-hybridized carbons (Fsp3) is 0.357. The molecule has 108 valence electrons. The molecule has 1 heterocycles. The number of thiazole rings is 1. The van der Waals surface area contributed by atoms with Gasteiger partial charge in [-0.05, 0) is 37.6 Å². The summed E-state index contributed by atoms with van der Waals surface area (Å²) in [4.78, 5) is 5.56. The van der Waals surface area contributed by atoms with Crippen molar-refractivity contribution in [2.75, 3.05) is 6.54 Å². The summed E-state index contributed by atoms with van der Waals surface area (Å²) in [6.07, 6.45) is -0.638. The van der Waals surface area contributed by atoms with Gasteiger partial charge in [-0.1, -0.05) is 23.2 Å². The van der Waals surface area contributed by atoms with Crippen LogP contribution in [0.2, 0.25) is 10.0 Å². The minimum Gasteiger partial charge on any atom is -0.387 e. The predicted octanol–water partition coefficient (Wildman–Crippen LogP) is 3.89. The predicted molar refractivity (Wildman–Crippen MR) is 84.7 cm³/mol. The van der Waals surface area contributed by atoms with E-state index in [9.17, 15) is 5.11 Å². The molecule has 0 radical (unpaired) electrons. The Hall–Kier alpha value is -0.650. The molecule has 0 aliphatic carbocycles. The van der Waals surface area contributed by atoms with Gasteiger partial charge in [0.15, 0.2) is 0 Å². The van der Waals surface area contributed by atoms with Crippen LogP contribution in [-0.4, -0.2) is 16.6 Å². The van der Waals surface area contributed by atoms with Crippen molar-refractivity contribution in [3.63, 3.8) is 0 Å². The second-order valence-corrected chi connectivity index (χ2v) is 6.75. The molecule has 1 unspecified atom stereocenters. The van der Waals surface area contributed by atoms with Crippen molar-refractivity contribution in [2.45, 2.75) is 26.5 Å². The van der Waals surface area contributed by atoms with Crippen LogP contribution in [0.4, 0.5) is 0 Å². The van der Waals surface area contributed by atoms with Gasteiger partial charge in [0, 0.05) is 28.0 Å². The standard InChI is InChI=1S/C14H16Cl2N2OS/c1-8-14(20-9(2)18-8)7-17-6-13(19)10-3-11(15)5-12(16)4-10/h3-5,13,17,19H,6-7H2,1-2H3. The Balaban J connectivity index is 1.92. The number of nitrogens with zero attached hydrogens (tertiary/aromatic N) is 1. The fourth-order valence-electron chi connectivity index (χ4n) is 1.95. The first-order chi connectivity index (χ1) is 9.45. The molecule has 0 amide bonds. The molecule has 2 N–H and O–H groups in total. The Labute approximate surface area is 132 Å². The Bertz CT molecular complexity index is 581. The first-order valence-corrected chi connectivity index (χ1v) is 7.80. The lowest BCUT2D eigenvalue weighted by Crippen LogP contribution is -2.21. The molecule has 20 heavy (non-hydrogen) atoms. The van der Waals surface area contributed by atoms with Crippen molar-refractivity contribution in [2.24, 2.45) is 0 Å². The van der Waals surface area contributed by atoms with Crippen LogP contribution in [0.5, 0.6) is 0 Å². The van der Waals surface area contributed by atoms with Crippen molar-refractivity contribution >= 4 is 34.5 Å². The summed E-state index contributed by atoms with van der Waals surface area (Å²) in [5, 5.41) is 15.5. The maximum atomic E-state index is 10.1. The zero-order valence-electron chi connectivity index (χ0n) is 11.3. The zero-order chi connectivity index (χ0) is 14.7. The van der Waals surface area contributed by atoms with E-state index in [1.807, 2.05) is 13.8 Å². The van der Waals surface area contributed by atoms with Gasteiger partial charge in [-0.3, -0.25) is 0 Å². The summed E-state index contributed by atoms with van der Waals surface area (Å²) in [6, 6.07) is 5.10. The van der Waals surface area contributed by atoms with Crippen LogP contribution in [-0.2, 0) is 6.54 Å². The molecule has 2 aromatic rings. The Morgan fingerprint density at radius 3 is 2.45 bits per heavy atom. The van der Waals surface area contributed by atoms with Crippen molar-refractivity contribution < 1.29 is 5.11 Å². The van der Waals surface area contributed by atoms with E-state index in [1.165, 1.54) is 4.88 Å². The smallest absolute Gasteiger partial charge is 0.0915 e. The minimum atomic E-state index is -0.638. The molecular weight excluding hydrogens is 315 g/mol. The Morgan fingerprint density at radius 1 is 1.25 bits per heavy atom. The minimum absolute atomic E-state index is 0.438. The summed E-state index contributed by atoms with van der Waals surface area (Å²) in [7, 11) is 0. The quantitative estimate of drug-likeness (QED) is 0.874. The summed E-state index contributed by atoms with van der Waals surface area (Å²) in [6.45, 7) is 5.12. The van der Waals surface area contributed by atoms with Gasteiger partial charge in [-0.25, -0.2) is 4.98 Å².